The molecule has 0 bridgehead atoms. The van der Waals surface area contributed by atoms with E-state index in [1.165, 1.54) is 6.33 Å². The van der Waals surface area contributed by atoms with Crippen LogP contribution in [0.1, 0.15) is 11.1 Å². The summed E-state index contributed by atoms with van der Waals surface area (Å²) >= 11 is 5.92. The molecule has 106 valence electrons. The summed E-state index contributed by atoms with van der Waals surface area (Å²) < 4.78 is 1.83. The van der Waals surface area contributed by atoms with Gasteiger partial charge in [0.05, 0.1) is 0 Å². The molecule has 3 rings (SSSR count). The maximum atomic E-state index is 5.92. The average Bonchev–Trinajstić information content (AvgIpc) is 2.91. The zero-order chi connectivity index (χ0) is 14.8. The zero-order valence-corrected chi connectivity index (χ0v) is 12.5. The van der Waals surface area contributed by atoms with Crippen molar-refractivity contribution in [2.45, 2.75) is 13.8 Å². The van der Waals surface area contributed by atoms with Crippen LogP contribution >= 0.6 is 11.6 Å². The lowest BCUT2D eigenvalue weighted by Gasteiger charge is -2.13. The van der Waals surface area contributed by atoms with Gasteiger partial charge in [0.25, 0.3) is 0 Å². The number of rotatable bonds is 3. The van der Waals surface area contributed by atoms with E-state index in [2.05, 4.69) is 46.2 Å². The van der Waals surface area contributed by atoms with Gasteiger partial charge in [-0.25, -0.2) is 15.0 Å². The fourth-order valence-electron chi connectivity index (χ4n) is 2.16. The van der Waals surface area contributed by atoms with Crippen molar-refractivity contribution in [3.63, 3.8) is 0 Å². The Labute approximate surface area is 127 Å². The number of para-hydroxylation sites is 1. The number of nitrogens with one attached hydrogen (secondary N) is 1. The summed E-state index contributed by atoms with van der Waals surface area (Å²) in [5.74, 6) is 1.35. The summed E-state index contributed by atoms with van der Waals surface area (Å²) in [5.41, 5.74) is 3.36. The van der Waals surface area contributed by atoms with E-state index in [0.29, 0.717) is 16.9 Å². The van der Waals surface area contributed by atoms with E-state index < -0.39 is 0 Å². The first kappa shape index (κ1) is 13.6. The number of imidazole rings is 1. The molecule has 0 unspecified atom stereocenters. The van der Waals surface area contributed by atoms with Crippen molar-refractivity contribution >= 4 is 23.2 Å². The van der Waals surface area contributed by atoms with Gasteiger partial charge < -0.3 is 5.32 Å². The van der Waals surface area contributed by atoms with Gasteiger partial charge in [-0.1, -0.05) is 29.8 Å². The summed E-state index contributed by atoms with van der Waals surface area (Å²) in [6.45, 7) is 4.12. The number of halogens is 1. The Hall–Kier alpha value is -2.40. The van der Waals surface area contributed by atoms with Crippen LogP contribution in [0.2, 0.25) is 5.15 Å². The predicted molar refractivity (Wildman–Crippen MR) is 83.4 cm³/mol. The number of hydrogen-bond acceptors (Lipinski definition) is 4. The van der Waals surface area contributed by atoms with E-state index in [-0.39, 0.29) is 0 Å². The van der Waals surface area contributed by atoms with Crippen LogP contribution in [0.15, 0.2) is 43.0 Å². The highest BCUT2D eigenvalue weighted by molar-refractivity contribution is 6.29. The second-order valence-electron chi connectivity index (χ2n) is 4.71. The van der Waals surface area contributed by atoms with Crippen LogP contribution < -0.4 is 5.32 Å². The van der Waals surface area contributed by atoms with E-state index >= 15 is 0 Å². The van der Waals surface area contributed by atoms with Crippen molar-refractivity contribution < 1.29 is 0 Å². The average molecular weight is 300 g/mol. The van der Waals surface area contributed by atoms with Crippen molar-refractivity contribution in [2.75, 3.05) is 5.32 Å². The summed E-state index contributed by atoms with van der Waals surface area (Å²) in [4.78, 5) is 12.5. The van der Waals surface area contributed by atoms with Crippen LogP contribution in [0.25, 0.3) is 5.82 Å². The highest BCUT2D eigenvalue weighted by atomic mass is 35.5. The highest BCUT2D eigenvalue weighted by Gasteiger charge is 2.09. The molecular weight excluding hydrogens is 286 g/mol. The molecule has 0 aliphatic rings. The molecule has 2 heterocycles. The van der Waals surface area contributed by atoms with Crippen LogP contribution in [0.5, 0.6) is 0 Å². The number of aromatic nitrogens is 4. The molecule has 0 saturated carbocycles. The second kappa shape index (κ2) is 5.54. The molecule has 21 heavy (non-hydrogen) atoms. The van der Waals surface area contributed by atoms with Crippen LogP contribution in [0, 0.1) is 13.8 Å². The molecule has 5 nitrogen and oxygen atoms in total. The first-order valence-corrected chi connectivity index (χ1v) is 6.87. The van der Waals surface area contributed by atoms with Gasteiger partial charge in [-0.05, 0) is 25.0 Å². The summed E-state index contributed by atoms with van der Waals surface area (Å²) in [6, 6.07) is 7.85. The third-order valence-corrected chi connectivity index (χ3v) is 3.43. The molecule has 2 aromatic heterocycles. The highest BCUT2D eigenvalue weighted by Crippen LogP contribution is 2.24. The van der Waals surface area contributed by atoms with Crippen LogP contribution in [0.4, 0.5) is 11.6 Å². The maximum Gasteiger partial charge on any atom is 0.213 e. The molecular formula is C15H14ClN5. The van der Waals surface area contributed by atoms with Gasteiger partial charge in [0, 0.05) is 24.1 Å². The Kier molecular flexibility index (Phi) is 3.58. The largest absolute Gasteiger partial charge is 0.325 e. The standard InChI is InChI=1S/C15H14ClN5/c1-10-4-3-5-11(2)14(10)20-15-17-6-7-21(15)13-8-12(16)18-9-19-13/h3-9H,1-2H3,(H,17,20). The number of aryl methyl sites for hydroxylation is 2. The quantitative estimate of drug-likeness (QED) is 0.750. The van der Waals surface area contributed by atoms with Crippen molar-refractivity contribution in [1.82, 2.24) is 19.5 Å². The Morgan fingerprint density at radius 3 is 2.57 bits per heavy atom. The van der Waals surface area contributed by atoms with Gasteiger partial charge in [0.15, 0.2) is 0 Å². The normalized spacial score (nSPS) is 10.6. The third-order valence-electron chi connectivity index (χ3n) is 3.22. The Bertz CT molecular complexity index is 761. The molecule has 0 aliphatic carbocycles. The molecule has 1 N–H and O–H groups in total. The van der Waals surface area contributed by atoms with E-state index in [1.54, 1.807) is 12.3 Å². The Morgan fingerprint density at radius 1 is 1.10 bits per heavy atom. The molecule has 0 saturated heterocycles. The van der Waals surface area contributed by atoms with Gasteiger partial charge in [-0.3, -0.25) is 4.57 Å². The first-order valence-electron chi connectivity index (χ1n) is 6.49. The summed E-state index contributed by atoms with van der Waals surface area (Å²) in [5, 5.41) is 3.75. The van der Waals surface area contributed by atoms with Gasteiger partial charge >= 0.3 is 0 Å². The monoisotopic (exact) mass is 299 g/mol. The lowest BCUT2D eigenvalue weighted by atomic mass is 10.1. The lowest BCUT2D eigenvalue weighted by molar-refractivity contribution is 0.977. The van der Waals surface area contributed by atoms with Crippen LogP contribution in [-0.4, -0.2) is 19.5 Å². The molecule has 1 aromatic carbocycles. The van der Waals surface area contributed by atoms with E-state index in [0.717, 1.165) is 16.8 Å². The van der Waals surface area contributed by atoms with Gasteiger partial charge in [0.2, 0.25) is 5.95 Å². The number of hydrogen-bond donors (Lipinski definition) is 1. The molecule has 6 heteroatoms. The molecule has 0 atom stereocenters. The zero-order valence-electron chi connectivity index (χ0n) is 11.7. The predicted octanol–water partition coefficient (Wildman–Crippen LogP) is 3.68. The second-order valence-corrected chi connectivity index (χ2v) is 5.10. The molecule has 0 spiro atoms. The number of anilines is 2. The Balaban J connectivity index is 2.00. The van der Waals surface area contributed by atoms with Gasteiger partial charge in [-0.2, -0.15) is 0 Å². The fourth-order valence-corrected chi connectivity index (χ4v) is 2.30. The van der Waals surface area contributed by atoms with Crippen molar-refractivity contribution in [3.05, 3.63) is 59.3 Å². The molecule has 0 amide bonds. The van der Waals surface area contributed by atoms with E-state index in [1.807, 2.05) is 16.8 Å². The topological polar surface area (TPSA) is 55.6 Å². The number of nitrogens with zero attached hydrogens (tertiary/aromatic N) is 4. The SMILES string of the molecule is Cc1cccc(C)c1Nc1nccn1-c1cc(Cl)ncn1. The first-order chi connectivity index (χ1) is 10.1. The van der Waals surface area contributed by atoms with Crippen molar-refractivity contribution in [3.8, 4) is 5.82 Å². The molecule has 0 fully saturated rings. The lowest BCUT2D eigenvalue weighted by Crippen LogP contribution is -2.05. The fraction of sp³-hybridized carbons (Fsp3) is 0.133. The van der Waals surface area contributed by atoms with Crippen LogP contribution in [-0.2, 0) is 0 Å². The molecule has 0 aliphatic heterocycles. The summed E-state index contributed by atoms with van der Waals surface area (Å²) in [7, 11) is 0. The Morgan fingerprint density at radius 2 is 1.86 bits per heavy atom. The van der Waals surface area contributed by atoms with Crippen LogP contribution in [0.3, 0.4) is 0 Å². The smallest absolute Gasteiger partial charge is 0.213 e. The molecule has 0 radical (unpaired) electrons. The van der Waals surface area contributed by atoms with Gasteiger partial charge in [0.1, 0.15) is 17.3 Å². The van der Waals surface area contributed by atoms with E-state index in [9.17, 15) is 0 Å². The van der Waals surface area contributed by atoms with Crippen molar-refractivity contribution in [1.29, 1.82) is 0 Å². The molecule has 3 aromatic rings. The minimum Gasteiger partial charge on any atom is -0.325 e. The third kappa shape index (κ3) is 2.73. The van der Waals surface area contributed by atoms with Crippen molar-refractivity contribution in [2.24, 2.45) is 0 Å². The summed E-state index contributed by atoms with van der Waals surface area (Å²) in [6.07, 6.45) is 4.97. The van der Waals surface area contributed by atoms with E-state index in [4.69, 9.17) is 11.6 Å². The minimum atomic E-state index is 0.395. The minimum absolute atomic E-state index is 0.395. The maximum absolute atomic E-state index is 5.92. The number of benzene rings is 1. The van der Waals surface area contributed by atoms with Gasteiger partial charge in [-0.15, -0.1) is 0 Å².